The highest BCUT2D eigenvalue weighted by molar-refractivity contribution is 5.85. The molecule has 1 saturated carbocycles. The van der Waals surface area contributed by atoms with E-state index < -0.39 is 0 Å². The maximum absolute atomic E-state index is 5.92. The number of nitrogens with two attached hydrogens (primary N) is 1. The molecule has 0 saturated heterocycles. The third-order valence-corrected chi connectivity index (χ3v) is 5.09. The summed E-state index contributed by atoms with van der Waals surface area (Å²) in [6, 6.07) is 8.73. The van der Waals surface area contributed by atoms with Gasteiger partial charge in [0.25, 0.3) is 0 Å². The highest BCUT2D eigenvalue weighted by atomic mass is 15.2. The lowest BCUT2D eigenvalue weighted by molar-refractivity contribution is 0.162. The molecule has 112 valence electrons. The first kappa shape index (κ1) is 14.5. The van der Waals surface area contributed by atoms with Gasteiger partial charge in [0.15, 0.2) is 0 Å². The van der Waals surface area contributed by atoms with Crippen molar-refractivity contribution >= 4 is 10.8 Å². The zero-order chi connectivity index (χ0) is 14.9. The van der Waals surface area contributed by atoms with Crippen LogP contribution >= 0.6 is 0 Å². The largest absolute Gasteiger partial charge is 0.271 e. The van der Waals surface area contributed by atoms with Crippen molar-refractivity contribution in [2.24, 2.45) is 17.2 Å². The van der Waals surface area contributed by atoms with Crippen molar-refractivity contribution in [1.82, 2.24) is 10.4 Å². The third kappa shape index (κ3) is 2.94. The topological polar surface area (TPSA) is 50.9 Å². The van der Waals surface area contributed by atoms with Crippen LogP contribution in [0.2, 0.25) is 0 Å². The van der Waals surface area contributed by atoms with Gasteiger partial charge >= 0.3 is 0 Å². The van der Waals surface area contributed by atoms with Crippen molar-refractivity contribution in [3.63, 3.8) is 0 Å². The Kier molecular flexibility index (Phi) is 3.96. The number of benzene rings is 1. The summed E-state index contributed by atoms with van der Waals surface area (Å²) in [7, 11) is 0. The highest BCUT2D eigenvalue weighted by Crippen LogP contribution is 2.43. The summed E-state index contributed by atoms with van der Waals surface area (Å²) < 4.78 is 0. The fraction of sp³-hybridized carbons (Fsp3) is 0.500. The minimum atomic E-state index is 0.217. The number of hydrazine groups is 1. The van der Waals surface area contributed by atoms with Gasteiger partial charge in [0.05, 0.1) is 0 Å². The van der Waals surface area contributed by atoms with Crippen LogP contribution < -0.4 is 11.3 Å². The van der Waals surface area contributed by atoms with Crippen LogP contribution in [0, 0.1) is 11.3 Å². The van der Waals surface area contributed by atoms with Crippen LogP contribution in [0.1, 0.15) is 51.1 Å². The molecule has 3 rings (SSSR count). The molecule has 1 aliphatic carbocycles. The van der Waals surface area contributed by atoms with Crippen molar-refractivity contribution < 1.29 is 0 Å². The molecule has 1 atom stereocenters. The van der Waals surface area contributed by atoms with Gasteiger partial charge in [-0.3, -0.25) is 16.3 Å². The summed E-state index contributed by atoms with van der Waals surface area (Å²) >= 11 is 0. The molecule has 1 fully saturated rings. The Hall–Kier alpha value is -1.45. The van der Waals surface area contributed by atoms with Gasteiger partial charge in [-0.15, -0.1) is 0 Å². The highest BCUT2D eigenvalue weighted by Gasteiger charge is 2.32. The fourth-order valence-electron chi connectivity index (χ4n) is 3.64. The second kappa shape index (κ2) is 5.74. The lowest BCUT2D eigenvalue weighted by atomic mass is 9.70. The molecule has 0 aliphatic heterocycles. The average Bonchev–Trinajstić information content (AvgIpc) is 2.50. The molecule has 3 heteroatoms. The van der Waals surface area contributed by atoms with E-state index in [4.69, 9.17) is 5.84 Å². The maximum Gasteiger partial charge on any atom is 0.0494 e. The number of rotatable bonds is 3. The number of hydrogen-bond acceptors (Lipinski definition) is 3. The molecule has 0 amide bonds. The Morgan fingerprint density at radius 1 is 1.24 bits per heavy atom. The predicted molar refractivity (Wildman–Crippen MR) is 87.5 cm³/mol. The molecule has 1 aliphatic rings. The molecule has 1 aromatic heterocycles. The second-order valence-electron chi connectivity index (χ2n) is 7.09. The van der Waals surface area contributed by atoms with Gasteiger partial charge in [0, 0.05) is 23.8 Å². The van der Waals surface area contributed by atoms with Gasteiger partial charge in [0.2, 0.25) is 0 Å². The normalized spacial score (nSPS) is 20.5. The van der Waals surface area contributed by atoms with E-state index in [-0.39, 0.29) is 6.04 Å². The monoisotopic (exact) mass is 283 g/mol. The van der Waals surface area contributed by atoms with Gasteiger partial charge in [-0.2, -0.15) is 0 Å². The quantitative estimate of drug-likeness (QED) is 0.662. The number of hydrogen-bond donors (Lipinski definition) is 2. The Labute approximate surface area is 126 Å². The van der Waals surface area contributed by atoms with Gasteiger partial charge in [-0.1, -0.05) is 32.0 Å². The minimum absolute atomic E-state index is 0.217. The van der Waals surface area contributed by atoms with Crippen LogP contribution in [0.25, 0.3) is 10.8 Å². The van der Waals surface area contributed by atoms with Gasteiger partial charge in [-0.25, -0.2) is 0 Å². The van der Waals surface area contributed by atoms with Crippen LogP contribution in [-0.2, 0) is 0 Å². The fourth-order valence-corrected chi connectivity index (χ4v) is 3.64. The summed E-state index contributed by atoms with van der Waals surface area (Å²) in [6.07, 6.45) is 8.83. The minimum Gasteiger partial charge on any atom is -0.271 e. The first-order chi connectivity index (χ1) is 10.1. The number of nitrogens with one attached hydrogen (secondary N) is 1. The summed E-state index contributed by atoms with van der Waals surface area (Å²) in [4.78, 5) is 4.29. The Balaban J connectivity index is 1.92. The molecule has 2 aromatic rings. The predicted octanol–water partition coefficient (Wildman–Crippen LogP) is 3.96. The van der Waals surface area contributed by atoms with E-state index in [1.807, 2.05) is 12.4 Å². The molecule has 1 aromatic carbocycles. The summed E-state index contributed by atoms with van der Waals surface area (Å²) in [6.45, 7) is 4.74. The second-order valence-corrected chi connectivity index (χ2v) is 7.09. The zero-order valence-electron chi connectivity index (χ0n) is 13.0. The van der Waals surface area contributed by atoms with Crippen LogP contribution in [0.4, 0.5) is 0 Å². The molecule has 3 nitrogen and oxygen atoms in total. The van der Waals surface area contributed by atoms with Crippen molar-refractivity contribution in [3.8, 4) is 0 Å². The summed E-state index contributed by atoms with van der Waals surface area (Å²) in [5.74, 6) is 6.53. The molecule has 0 spiro atoms. The van der Waals surface area contributed by atoms with E-state index >= 15 is 0 Å². The molecule has 3 N–H and O–H groups in total. The van der Waals surface area contributed by atoms with Gasteiger partial charge in [-0.05, 0) is 54.0 Å². The van der Waals surface area contributed by atoms with E-state index in [1.54, 1.807) is 0 Å². The standard InChI is InChI=1S/C18H25N3/c1-18(2)9-6-14(7-10-18)17(21-19)15-5-3-4-13-8-11-20-12-16(13)15/h3-5,8,11-12,14,17,21H,6-7,9-10,19H2,1-2H3. The van der Waals surface area contributed by atoms with Crippen LogP contribution in [-0.4, -0.2) is 4.98 Å². The first-order valence-electron chi connectivity index (χ1n) is 7.89. The van der Waals surface area contributed by atoms with E-state index in [0.29, 0.717) is 11.3 Å². The lowest BCUT2D eigenvalue weighted by Gasteiger charge is -2.38. The van der Waals surface area contributed by atoms with E-state index in [9.17, 15) is 0 Å². The Bertz CT molecular complexity index is 605. The van der Waals surface area contributed by atoms with Gasteiger partial charge in [0.1, 0.15) is 0 Å². The molecule has 21 heavy (non-hydrogen) atoms. The Morgan fingerprint density at radius 3 is 2.71 bits per heavy atom. The van der Waals surface area contributed by atoms with Crippen LogP contribution in [0.5, 0.6) is 0 Å². The Morgan fingerprint density at radius 2 is 2.00 bits per heavy atom. The van der Waals surface area contributed by atoms with Crippen molar-refractivity contribution in [2.45, 2.75) is 45.6 Å². The van der Waals surface area contributed by atoms with E-state index in [2.05, 4.69) is 48.5 Å². The zero-order valence-corrected chi connectivity index (χ0v) is 13.0. The maximum atomic E-state index is 5.92. The molecule has 1 heterocycles. The molecular weight excluding hydrogens is 258 g/mol. The number of nitrogens with zero attached hydrogens (tertiary/aromatic N) is 1. The van der Waals surface area contributed by atoms with Crippen molar-refractivity contribution in [3.05, 3.63) is 42.2 Å². The number of fused-ring (bicyclic) bond motifs is 1. The molecule has 0 bridgehead atoms. The van der Waals surface area contributed by atoms with E-state index in [0.717, 1.165) is 0 Å². The smallest absolute Gasteiger partial charge is 0.0494 e. The number of aromatic nitrogens is 1. The van der Waals surface area contributed by atoms with Crippen molar-refractivity contribution in [1.29, 1.82) is 0 Å². The lowest BCUT2D eigenvalue weighted by Crippen LogP contribution is -2.36. The molecule has 0 radical (unpaired) electrons. The average molecular weight is 283 g/mol. The summed E-state index contributed by atoms with van der Waals surface area (Å²) in [5, 5.41) is 2.45. The third-order valence-electron chi connectivity index (χ3n) is 5.09. The molecule has 1 unspecified atom stereocenters. The van der Waals surface area contributed by atoms with Crippen LogP contribution in [0.15, 0.2) is 36.7 Å². The summed E-state index contributed by atoms with van der Waals surface area (Å²) in [5.41, 5.74) is 4.85. The SMILES string of the molecule is CC1(C)CCC(C(NN)c2cccc3ccncc23)CC1. The van der Waals surface area contributed by atoms with Crippen molar-refractivity contribution in [2.75, 3.05) is 0 Å². The first-order valence-corrected chi connectivity index (χ1v) is 7.89. The van der Waals surface area contributed by atoms with E-state index in [1.165, 1.54) is 42.0 Å². The molecular formula is C18H25N3. The van der Waals surface area contributed by atoms with Gasteiger partial charge < -0.3 is 0 Å². The number of pyridine rings is 1. The van der Waals surface area contributed by atoms with Crippen LogP contribution in [0.3, 0.4) is 0 Å².